The monoisotopic (exact) mass is 456 g/mol. The molecule has 0 aliphatic carbocycles. The van der Waals surface area contributed by atoms with Crippen LogP contribution in [0.1, 0.15) is 43.7 Å². The lowest BCUT2D eigenvalue weighted by molar-refractivity contribution is 0.0564. The van der Waals surface area contributed by atoms with E-state index in [1.165, 1.54) is 12.1 Å². The molecule has 1 atom stereocenters. The number of urea groups is 1. The topological polar surface area (TPSA) is 57.6 Å². The fourth-order valence-corrected chi connectivity index (χ4v) is 5.02. The molecular formula is C24H29FN4O2S. The molecular weight excluding hydrogens is 427 g/mol. The number of nitrogens with zero attached hydrogens (tertiary/aromatic N) is 3. The number of hydrogen-bond acceptors (Lipinski definition) is 3. The van der Waals surface area contributed by atoms with Gasteiger partial charge in [0.15, 0.2) is 0 Å². The number of thiophene rings is 1. The first-order chi connectivity index (χ1) is 15.1. The molecule has 32 heavy (non-hydrogen) atoms. The number of piperazine rings is 1. The molecule has 3 heterocycles. The molecule has 170 valence electrons. The van der Waals surface area contributed by atoms with Gasteiger partial charge in [-0.1, -0.05) is 12.1 Å². The second-order valence-corrected chi connectivity index (χ2v) is 10.3. The summed E-state index contributed by atoms with van der Waals surface area (Å²) < 4.78 is 15.7. The molecule has 3 aromatic rings. The molecule has 1 aliphatic rings. The van der Waals surface area contributed by atoms with Gasteiger partial charge in [-0.15, -0.1) is 11.3 Å². The van der Waals surface area contributed by atoms with Crippen LogP contribution in [0.5, 0.6) is 0 Å². The Morgan fingerprint density at radius 3 is 2.66 bits per heavy atom. The normalized spacial score (nSPS) is 17.1. The van der Waals surface area contributed by atoms with E-state index in [0.717, 1.165) is 15.8 Å². The van der Waals surface area contributed by atoms with Crippen LogP contribution in [0.25, 0.3) is 10.2 Å². The van der Waals surface area contributed by atoms with Crippen molar-refractivity contribution in [2.75, 3.05) is 19.6 Å². The summed E-state index contributed by atoms with van der Waals surface area (Å²) in [5, 5.41) is 6.00. The van der Waals surface area contributed by atoms with Crippen LogP contribution >= 0.6 is 11.3 Å². The summed E-state index contributed by atoms with van der Waals surface area (Å²) in [6.45, 7) is 9.66. The Hall–Kier alpha value is -2.87. The van der Waals surface area contributed by atoms with E-state index in [1.54, 1.807) is 22.3 Å². The van der Waals surface area contributed by atoms with Crippen molar-refractivity contribution in [3.05, 3.63) is 58.9 Å². The van der Waals surface area contributed by atoms with Gasteiger partial charge in [-0.05, 0) is 62.9 Å². The lowest BCUT2D eigenvalue weighted by atomic mass is 10.1. The minimum atomic E-state index is -0.312. The van der Waals surface area contributed by atoms with Gasteiger partial charge in [0, 0.05) is 43.1 Å². The highest BCUT2D eigenvalue weighted by atomic mass is 32.1. The third-order valence-electron chi connectivity index (χ3n) is 5.61. The number of aromatic nitrogens is 1. The summed E-state index contributed by atoms with van der Waals surface area (Å²) in [6.07, 6.45) is 0. The van der Waals surface area contributed by atoms with Crippen molar-refractivity contribution in [1.29, 1.82) is 0 Å². The van der Waals surface area contributed by atoms with Gasteiger partial charge in [-0.2, -0.15) is 0 Å². The van der Waals surface area contributed by atoms with Crippen LogP contribution in [0.3, 0.4) is 0 Å². The Labute approximate surface area is 191 Å². The number of amides is 3. The molecule has 1 N–H and O–H groups in total. The van der Waals surface area contributed by atoms with Gasteiger partial charge in [-0.3, -0.25) is 4.79 Å². The van der Waals surface area contributed by atoms with Gasteiger partial charge in [0.25, 0.3) is 5.91 Å². The van der Waals surface area contributed by atoms with Crippen molar-refractivity contribution < 1.29 is 14.0 Å². The van der Waals surface area contributed by atoms with Gasteiger partial charge >= 0.3 is 6.03 Å². The number of carbonyl (C=O) groups excluding carboxylic acids is 2. The maximum atomic E-state index is 13.7. The average molecular weight is 457 g/mol. The summed E-state index contributed by atoms with van der Waals surface area (Å²) in [7, 11) is 0. The molecule has 1 fully saturated rings. The van der Waals surface area contributed by atoms with E-state index >= 15 is 0 Å². The zero-order chi connectivity index (χ0) is 23.0. The van der Waals surface area contributed by atoms with E-state index in [1.807, 2.05) is 60.7 Å². The van der Waals surface area contributed by atoms with Crippen molar-refractivity contribution in [2.24, 2.45) is 0 Å². The zero-order valence-electron chi connectivity index (χ0n) is 18.9. The quantitative estimate of drug-likeness (QED) is 0.629. The van der Waals surface area contributed by atoms with Crippen molar-refractivity contribution in [1.82, 2.24) is 19.7 Å². The van der Waals surface area contributed by atoms with E-state index in [2.05, 4.69) is 5.32 Å². The molecule has 0 spiro atoms. The Bertz CT molecular complexity index is 1150. The first kappa shape index (κ1) is 22.3. The van der Waals surface area contributed by atoms with E-state index in [4.69, 9.17) is 0 Å². The third kappa shape index (κ3) is 4.65. The molecule has 1 aromatic carbocycles. The highest BCUT2D eigenvalue weighted by Gasteiger charge is 2.32. The highest BCUT2D eigenvalue weighted by Crippen LogP contribution is 2.28. The number of fused-ring (bicyclic) bond motifs is 1. The van der Waals surface area contributed by atoms with E-state index in [0.29, 0.717) is 31.9 Å². The molecule has 1 aliphatic heterocycles. The van der Waals surface area contributed by atoms with Crippen LogP contribution in [-0.2, 0) is 6.54 Å². The van der Waals surface area contributed by atoms with Crippen molar-refractivity contribution >= 4 is 33.5 Å². The van der Waals surface area contributed by atoms with Gasteiger partial charge in [0.1, 0.15) is 16.3 Å². The van der Waals surface area contributed by atoms with Crippen molar-refractivity contribution in [2.45, 2.75) is 45.8 Å². The van der Waals surface area contributed by atoms with Crippen LogP contribution in [0, 0.1) is 5.82 Å². The SMILES string of the molecule is CC1CN(C(=O)c2cc3ccsc3n2Cc2cccc(F)c2)CCN1C(=O)NC(C)(C)C. The maximum Gasteiger partial charge on any atom is 0.318 e. The Morgan fingerprint density at radius 2 is 1.97 bits per heavy atom. The van der Waals surface area contributed by atoms with Crippen LogP contribution in [0.4, 0.5) is 9.18 Å². The number of halogens is 1. The Kier molecular flexibility index (Phi) is 5.99. The summed E-state index contributed by atoms with van der Waals surface area (Å²) in [4.78, 5) is 30.7. The molecule has 4 rings (SSSR count). The van der Waals surface area contributed by atoms with Crippen LogP contribution in [-0.4, -0.2) is 57.5 Å². The third-order valence-corrected chi connectivity index (χ3v) is 6.56. The standard InChI is InChI=1S/C24H29FN4O2S/c1-16-14-27(9-10-28(16)23(31)26-24(2,3)4)21(30)20-13-18-8-11-32-22(18)29(20)15-17-6-5-7-19(25)12-17/h5-8,11-13,16H,9-10,14-15H2,1-4H3,(H,26,31). The van der Waals surface area contributed by atoms with Gasteiger partial charge < -0.3 is 19.7 Å². The van der Waals surface area contributed by atoms with Gasteiger partial charge in [0.05, 0.1) is 0 Å². The molecule has 1 saturated heterocycles. The van der Waals surface area contributed by atoms with Crippen molar-refractivity contribution in [3.8, 4) is 0 Å². The number of carbonyl (C=O) groups is 2. The van der Waals surface area contributed by atoms with Crippen LogP contribution in [0.2, 0.25) is 0 Å². The lowest BCUT2D eigenvalue weighted by Gasteiger charge is -2.41. The fourth-order valence-electron chi connectivity index (χ4n) is 4.13. The van der Waals surface area contributed by atoms with E-state index in [-0.39, 0.29) is 29.3 Å². The molecule has 2 aromatic heterocycles. The average Bonchev–Trinajstić information content (AvgIpc) is 3.28. The first-order valence-electron chi connectivity index (χ1n) is 10.8. The molecule has 6 nitrogen and oxygen atoms in total. The number of benzene rings is 1. The minimum absolute atomic E-state index is 0.0625. The molecule has 0 saturated carbocycles. The molecule has 8 heteroatoms. The van der Waals surface area contributed by atoms with E-state index in [9.17, 15) is 14.0 Å². The summed E-state index contributed by atoms with van der Waals surface area (Å²) in [6, 6.07) is 10.2. The first-order valence-corrected chi connectivity index (χ1v) is 11.7. The predicted molar refractivity (Wildman–Crippen MR) is 126 cm³/mol. The molecule has 3 amide bonds. The number of nitrogens with one attached hydrogen (secondary N) is 1. The van der Waals surface area contributed by atoms with Crippen LogP contribution < -0.4 is 5.32 Å². The Morgan fingerprint density at radius 1 is 1.19 bits per heavy atom. The fraction of sp³-hybridized carbons (Fsp3) is 0.417. The van der Waals surface area contributed by atoms with Crippen molar-refractivity contribution in [3.63, 3.8) is 0 Å². The summed E-state index contributed by atoms with van der Waals surface area (Å²) >= 11 is 1.57. The second-order valence-electron chi connectivity index (χ2n) is 9.40. The molecule has 1 unspecified atom stereocenters. The zero-order valence-corrected chi connectivity index (χ0v) is 19.7. The summed E-state index contributed by atoms with van der Waals surface area (Å²) in [5.74, 6) is -0.351. The lowest BCUT2D eigenvalue weighted by Crippen LogP contribution is -2.59. The van der Waals surface area contributed by atoms with Crippen LogP contribution in [0.15, 0.2) is 41.8 Å². The van der Waals surface area contributed by atoms with Gasteiger partial charge in [-0.25, -0.2) is 9.18 Å². The van der Waals surface area contributed by atoms with E-state index < -0.39 is 0 Å². The summed E-state index contributed by atoms with van der Waals surface area (Å²) in [5.41, 5.74) is 1.09. The maximum absolute atomic E-state index is 13.7. The Balaban J connectivity index is 1.54. The highest BCUT2D eigenvalue weighted by molar-refractivity contribution is 7.16. The number of hydrogen-bond donors (Lipinski definition) is 1. The number of rotatable bonds is 3. The van der Waals surface area contributed by atoms with Gasteiger partial charge in [0.2, 0.25) is 0 Å². The minimum Gasteiger partial charge on any atom is -0.334 e. The smallest absolute Gasteiger partial charge is 0.318 e. The predicted octanol–water partition coefficient (Wildman–Crippen LogP) is 4.54. The largest absolute Gasteiger partial charge is 0.334 e. The molecule has 0 radical (unpaired) electrons. The second kappa shape index (κ2) is 8.58. The molecule has 0 bridgehead atoms.